The minimum absolute atomic E-state index is 0.285. The first-order valence-electron chi connectivity index (χ1n) is 22.0. The molecule has 4 aromatic carbocycles. The summed E-state index contributed by atoms with van der Waals surface area (Å²) in [5, 5.41) is 0. The number of hydrogen-bond donors (Lipinski definition) is 0. The Morgan fingerprint density at radius 1 is 0.689 bits per heavy atom. The van der Waals surface area contributed by atoms with Crippen molar-refractivity contribution in [3.63, 3.8) is 0 Å². The second-order valence-electron chi connectivity index (χ2n) is 15.0. The standard InChI is InChI=1S/C57H66N4/c1-8-14-17-27-46-58(48(11-4)28-15-9-2)51-38-40-55(41-39-51)61(50(13-6)37-36-47(7)59(52-30-21-18-22-31-52)53-32-23-19-24-33-53)57-44-42-56(43-45-57)60(49(12-5)29-16-10-3)54-34-25-20-26-35-54/h8,10,12-14,16,18-26,28-38,40-45,51H,3,6,9,11,15,17,27,39,46H2,1-2,4-5,7H3/b14-8-,29-16-,47-36+,48-28+,49-12+,50-37+/t51-/m1/s1. The van der Waals surface area contributed by atoms with E-state index in [0.29, 0.717) is 0 Å². The fourth-order valence-electron chi connectivity index (χ4n) is 7.75. The first-order valence-corrected chi connectivity index (χ1v) is 22.0. The maximum atomic E-state index is 4.39. The van der Waals surface area contributed by atoms with Crippen LogP contribution in [0.3, 0.4) is 0 Å². The molecule has 4 heteroatoms. The van der Waals surface area contributed by atoms with E-state index in [4.69, 9.17) is 0 Å². The van der Waals surface area contributed by atoms with E-state index in [2.05, 4.69) is 243 Å². The molecule has 1 aliphatic carbocycles. The number of nitrogens with zero attached hydrogens (tertiary/aromatic N) is 4. The lowest BCUT2D eigenvalue weighted by Gasteiger charge is -2.36. The predicted molar refractivity (Wildman–Crippen MR) is 267 cm³/mol. The Morgan fingerprint density at radius 3 is 1.75 bits per heavy atom. The number of benzene rings is 4. The lowest BCUT2D eigenvalue weighted by Crippen LogP contribution is -2.35. The molecule has 314 valence electrons. The maximum Gasteiger partial charge on any atom is 0.0509 e. The average Bonchev–Trinajstić information content (AvgIpc) is 3.31. The van der Waals surface area contributed by atoms with E-state index in [1.165, 1.54) is 5.70 Å². The maximum absolute atomic E-state index is 4.39. The number of para-hydroxylation sites is 3. The Hall–Kier alpha value is -6.52. The Kier molecular flexibility index (Phi) is 18.3. The van der Waals surface area contributed by atoms with Gasteiger partial charge < -0.3 is 19.6 Å². The lowest BCUT2D eigenvalue weighted by molar-refractivity contribution is 0.279. The van der Waals surface area contributed by atoms with Crippen LogP contribution in [0.5, 0.6) is 0 Å². The van der Waals surface area contributed by atoms with Gasteiger partial charge in [-0.05, 0) is 144 Å². The number of unbranched alkanes of at least 4 members (excludes halogenated alkanes) is 2. The van der Waals surface area contributed by atoms with Crippen molar-refractivity contribution in [1.82, 2.24) is 4.90 Å². The van der Waals surface area contributed by atoms with Crippen LogP contribution in [0.15, 0.2) is 236 Å². The van der Waals surface area contributed by atoms with Crippen molar-refractivity contribution in [3.8, 4) is 0 Å². The molecule has 0 heterocycles. The molecule has 0 N–H and O–H groups in total. The van der Waals surface area contributed by atoms with Crippen LogP contribution in [0.4, 0.5) is 28.4 Å². The van der Waals surface area contributed by atoms with E-state index in [0.717, 1.165) is 96.3 Å². The van der Waals surface area contributed by atoms with Gasteiger partial charge in [0.1, 0.15) is 0 Å². The summed E-state index contributed by atoms with van der Waals surface area (Å²) >= 11 is 0. The van der Waals surface area contributed by atoms with Crippen LogP contribution in [0.1, 0.15) is 73.1 Å². The zero-order chi connectivity index (χ0) is 43.2. The smallest absolute Gasteiger partial charge is 0.0509 e. The Balaban J connectivity index is 1.59. The van der Waals surface area contributed by atoms with Crippen LogP contribution in [0.25, 0.3) is 0 Å². The molecule has 0 saturated heterocycles. The van der Waals surface area contributed by atoms with E-state index >= 15 is 0 Å². The number of hydrogen-bond acceptors (Lipinski definition) is 4. The van der Waals surface area contributed by atoms with E-state index in [1.807, 2.05) is 18.2 Å². The van der Waals surface area contributed by atoms with Gasteiger partial charge in [-0.1, -0.05) is 137 Å². The third kappa shape index (κ3) is 12.5. The monoisotopic (exact) mass is 807 g/mol. The van der Waals surface area contributed by atoms with Crippen molar-refractivity contribution in [1.29, 1.82) is 0 Å². The molecule has 61 heavy (non-hydrogen) atoms. The quantitative estimate of drug-likeness (QED) is 0.0445. The highest BCUT2D eigenvalue weighted by Gasteiger charge is 2.23. The van der Waals surface area contributed by atoms with Crippen LogP contribution in [0.2, 0.25) is 0 Å². The highest BCUT2D eigenvalue weighted by molar-refractivity contribution is 5.74. The van der Waals surface area contributed by atoms with Crippen molar-refractivity contribution in [3.05, 3.63) is 236 Å². The van der Waals surface area contributed by atoms with Gasteiger partial charge in [-0.2, -0.15) is 0 Å². The molecule has 0 radical (unpaired) electrons. The summed E-state index contributed by atoms with van der Waals surface area (Å²) in [6.45, 7) is 20.2. The fraction of sp³-hybridized carbons (Fsp3) is 0.228. The van der Waals surface area contributed by atoms with Crippen molar-refractivity contribution < 1.29 is 0 Å². The van der Waals surface area contributed by atoms with Gasteiger partial charge in [0.2, 0.25) is 0 Å². The molecule has 0 bridgehead atoms. The zero-order valence-electron chi connectivity index (χ0n) is 37.2. The van der Waals surface area contributed by atoms with Gasteiger partial charge in [0.15, 0.2) is 0 Å². The molecule has 0 aliphatic heterocycles. The van der Waals surface area contributed by atoms with E-state index in [9.17, 15) is 0 Å². The van der Waals surface area contributed by atoms with Crippen molar-refractivity contribution in [2.75, 3.05) is 21.2 Å². The van der Waals surface area contributed by atoms with Gasteiger partial charge in [0.05, 0.1) is 6.04 Å². The van der Waals surface area contributed by atoms with Crippen LogP contribution in [0, 0.1) is 0 Å². The molecule has 5 rings (SSSR count). The van der Waals surface area contributed by atoms with E-state index in [-0.39, 0.29) is 6.04 Å². The molecule has 4 nitrogen and oxygen atoms in total. The highest BCUT2D eigenvalue weighted by Crippen LogP contribution is 2.36. The average molecular weight is 807 g/mol. The topological polar surface area (TPSA) is 13.0 Å². The van der Waals surface area contributed by atoms with Gasteiger partial charge >= 0.3 is 0 Å². The molecule has 1 atom stereocenters. The van der Waals surface area contributed by atoms with Crippen molar-refractivity contribution in [2.45, 2.75) is 79.2 Å². The summed E-state index contributed by atoms with van der Waals surface area (Å²) in [4.78, 5) is 9.56. The molecule has 0 aromatic heterocycles. The summed E-state index contributed by atoms with van der Waals surface area (Å²) in [5.41, 5.74) is 11.1. The third-order valence-corrected chi connectivity index (χ3v) is 10.8. The molecule has 0 unspecified atom stereocenters. The summed E-state index contributed by atoms with van der Waals surface area (Å²) in [6, 6.07) is 40.7. The molecule has 1 aliphatic rings. The Labute approximate surface area is 368 Å². The molecule has 0 spiro atoms. The summed E-state index contributed by atoms with van der Waals surface area (Å²) in [5.74, 6) is 0. The van der Waals surface area contributed by atoms with E-state index in [1.54, 1.807) is 0 Å². The van der Waals surface area contributed by atoms with Gasteiger partial charge in [-0.3, -0.25) is 0 Å². The minimum atomic E-state index is 0.285. The van der Waals surface area contributed by atoms with Gasteiger partial charge in [-0.25, -0.2) is 0 Å². The first-order chi connectivity index (χ1) is 30.0. The summed E-state index contributed by atoms with van der Waals surface area (Å²) < 4.78 is 0. The number of rotatable bonds is 22. The van der Waals surface area contributed by atoms with Crippen molar-refractivity contribution >= 4 is 28.4 Å². The van der Waals surface area contributed by atoms with Crippen LogP contribution in [-0.4, -0.2) is 17.5 Å². The first kappa shape index (κ1) is 45.6. The Morgan fingerprint density at radius 2 is 1.26 bits per heavy atom. The molecular formula is C57H66N4. The lowest BCUT2D eigenvalue weighted by atomic mass is 10.0. The normalized spacial score (nSPS) is 14.9. The molecule has 0 saturated carbocycles. The summed E-state index contributed by atoms with van der Waals surface area (Å²) in [7, 11) is 0. The molecule has 4 aromatic rings. The van der Waals surface area contributed by atoms with Gasteiger partial charge in [0.25, 0.3) is 0 Å². The predicted octanol–water partition coefficient (Wildman–Crippen LogP) is 16.1. The molecule has 0 fully saturated rings. The van der Waals surface area contributed by atoms with Crippen LogP contribution >= 0.6 is 0 Å². The second kappa shape index (κ2) is 24.5. The van der Waals surface area contributed by atoms with Crippen molar-refractivity contribution in [2.24, 2.45) is 0 Å². The zero-order valence-corrected chi connectivity index (χ0v) is 37.2. The van der Waals surface area contributed by atoms with Gasteiger partial charge in [0, 0.05) is 63.5 Å². The number of anilines is 5. The molecule has 0 amide bonds. The second-order valence-corrected chi connectivity index (χ2v) is 15.0. The third-order valence-electron chi connectivity index (χ3n) is 10.8. The minimum Gasteiger partial charge on any atom is -0.368 e. The number of allylic oxidation sites excluding steroid dienone is 13. The highest BCUT2D eigenvalue weighted by atomic mass is 15.2. The van der Waals surface area contributed by atoms with E-state index < -0.39 is 0 Å². The SMILES string of the molecule is C=C/C=C\C(=C/C)N(c1ccccc1)c1ccc(N(C2=CC[C@H](N(CCC/C=C\C)/C(=C/CCC)CC)C=C2)/C(C=C)=C/C=C(\C)N(c2ccccc2)c2ccccc2)cc1. The molecular weight excluding hydrogens is 741 g/mol. The fourth-order valence-corrected chi connectivity index (χ4v) is 7.75. The van der Waals surface area contributed by atoms with Crippen LogP contribution in [-0.2, 0) is 0 Å². The van der Waals surface area contributed by atoms with Crippen LogP contribution < -0.4 is 14.7 Å². The largest absolute Gasteiger partial charge is 0.368 e. The summed E-state index contributed by atoms with van der Waals surface area (Å²) in [6.07, 6.45) is 34.8. The Bertz CT molecular complexity index is 2180. The van der Waals surface area contributed by atoms with Gasteiger partial charge in [-0.15, -0.1) is 0 Å².